The second-order valence-corrected chi connectivity index (χ2v) is 8.87. The second-order valence-electron chi connectivity index (χ2n) is 8.87. The molecule has 4 nitrogen and oxygen atoms in total. The summed E-state index contributed by atoms with van der Waals surface area (Å²) in [6, 6.07) is 3.82. The highest BCUT2D eigenvalue weighted by Gasteiger charge is 2.16. The molecule has 1 aromatic rings. The molecule has 0 fully saturated rings. The lowest BCUT2D eigenvalue weighted by atomic mass is 10.1. The van der Waals surface area contributed by atoms with E-state index in [0.29, 0.717) is 37.1 Å². The van der Waals surface area contributed by atoms with E-state index in [1.54, 1.807) is 0 Å². The lowest BCUT2D eigenvalue weighted by Crippen LogP contribution is -2.07. The van der Waals surface area contributed by atoms with Crippen LogP contribution in [0.3, 0.4) is 0 Å². The molecule has 1 N–H and O–H groups in total. The van der Waals surface area contributed by atoms with E-state index < -0.39 is 0 Å². The van der Waals surface area contributed by atoms with Gasteiger partial charge < -0.3 is 19.3 Å². The van der Waals surface area contributed by atoms with Crippen LogP contribution in [0, 0.1) is 0 Å². The van der Waals surface area contributed by atoms with Crippen molar-refractivity contribution in [2.75, 3.05) is 19.8 Å². The predicted octanol–water partition coefficient (Wildman–Crippen LogP) is 8.23. The van der Waals surface area contributed by atoms with Gasteiger partial charge in [0.15, 0.2) is 11.5 Å². The molecule has 0 amide bonds. The van der Waals surface area contributed by atoms with Crippen LogP contribution in [-0.4, -0.2) is 24.9 Å². The van der Waals surface area contributed by atoms with Gasteiger partial charge in [-0.1, -0.05) is 97.8 Å². The van der Waals surface area contributed by atoms with Crippen LogP contribution < -0.4 is 14.2 Å². The first kappa shape index (κ1) is 28.6. The Kier molecular flexibility index (Phi) is 18.1. The summed E-state index contributed by atoms with van der Waals surface area (Å²) in [5, 5.41) is 9.76. The Labute approximate surface area is 198 Å². The highest BCUT2D eigenvalue weighted by atomic mass is 16.5. The fourth-order valence-electron chi connectivity index (χ4n) is 3.73. The van der Waals surface area contributed by atoms with Gasteiger partial charge in [0, 0.05) is 0 Å². The molecule has 0 radical (unpaired) electrons. The molecule has 0 aliphatic rings. The Hall–Kier alpha value is -1.42. The third-order valence-corrected chi connectivity index (χ3v) is 5.77. The average molecular weight is 451 g/mol. The lowest BCUT2D eigenvalue weighted by Gasteiger charge is -2.18. The van der Waals surface area contributed by atoms with Gasteiger partial charge in [-0.2, -0.15) is 0 Å². The molecule has 0 bridgehead atoms. The van der Waals surface area contributed by atoms with Gasteiger partial charge in [-0.3, -0.25) is 0 Å². The summed E-state index contributed by atoms with van der Waals surface area (Å²) in [5.41, 5.74) is 0.808. The minimum Gasteiger partial charge on any atom is -0.490 e. The van der Waals surface area contributed by atoms with E-state index in [2.05, 4.69) is 20.8 Å². The van der Waals surface area contributed by atoms with E-state index in [9.17, 15) is 5.11 Å². The predicted molar refractivity (Wildman–Crippen MR) is 135 cm³/mol. The monoisotopic (exact) mass is 450 g/mol. The van der Waals surface area contributed by atoms with Gasteiger partial charge in [0.1, 0.15) is 0 Å². The zero-order valence-electron chi connectivity index (χ0n) is 21.3. The maximum absolute atomic E-state index is 9.76. The van der Waals surface area contributed by atoms with Gasteiger partial charge >= 0.3 is 0 Å². The molecular weight excluding hydrogens is 400 g/mol. The molecule has 0 aliphatic carbocycles. The van der Waals surface area contributed by atoms with Crippen LogP contribution in [0.4, 0.5) is 0 Å². The molecule has 0 heterocycles. The summed E-state index contributed by atoms with van der Waals surface area (Å²) in [6.07, 6.45) is 18.0. The van der Waals surface area contributed by atoms with E-state index in [1.807, 2.05) is 12.1 Å². The number of aliphatic hydroxyl groups is 1. The smallest absolute Gasteiger partial charge is 0.203 e. The Morgan fingerprint density at radius 2 is 0.906 bits per heavy atom. The van der Waals surface area contributed by atoms with Crippen molar-refractivity contribution in [2.24, 2.45) is 0 Å². The molecule has 4 heteroatoms. The van der Waals surface area contributed by atoms with Gasteiger partial charge in [0.2, 0.25) is 5.75 Å². The summed E-state index contributed by atoms with van der Waals surface area (Å²) in [7, 11) is 0. The van der Waals surface area contributed by atoms with E-state index in [-0.39, 0.29) is 6.61 Å². The first-order chi connectivity index (χ1) is 15.8. The summed E-state index contributed by atoms with van der Waals surface area (Å²) in [4.78, 5) is 0. The number of ether oxygens (including phenoxy) is 3. The summed E-state index contributed by atoms with van der Waals surface area (Å²) in [6.45, 7) is 8.67. The van der Waals surface area contributed by atoms with Crippen molar-refractivity contribution in [3.63, 3.8) is 0 Å². The van der Waals surface area contributed by atoms with Crippen molar-refractivity contribution in [3.8, 4) is 17.2 Å². The SMILES string of the molecule is CCCCCCCOc1cc(CO)cc(OCCCCCCC)c1OCCCCCCC. The van der Waals surface area contributed by atoms with Gasteiger partial charge in [0.05, 0.1) is 26.4 Å². The topological polar surface area (TPSA) is 47.9 Å². The summed E-state index contributed by atoms with van der Waals surface area (Å²) < 4.78 is 18.5. The zero-order chi connectivity index (χ0) is 23.3. The third kappa shape index (κ3) is 13.2. The van der Waals surface area contributed by atoms with Crippen LogP contribution >= 0.6 is 0 Å². The first-order valence-electron chi connectivity index (χ1n) is 13.4. The van der Waals surface area contributed by atoms with E-state index >= 15 is 0 Å². The maximum atomic E-state index is 9.76. The number of rotatable bonds is 22. The van der Waals surface area contributed by atoms with Gasteiger partial charge in [-0.15, -0.1) is 0 Å². The number of aliphatic hydroxyl groups excluding tert-OH is 1. The number of benzene rings is 1. The van der Waals surface area contributed by atoms with Crippen molar-refractivity contribution in [1.29, 1.82) is 0 Å². The number of hydrogen-bond acceptors (Lipinski definition) is 4. The first-order valence-corrected chi connectivity index (χ1v) is 13.4. The Morgan fingerprint density at radius 1 is 0.531 bits per heavy atom. The molecule has 0 atom stereocenters. The van der Waals surface area contributed by atoms with Crippen LogP contribution in [0.1, 0.15) is 123 Å². The molecule has 32 heavy (non-hydrogen) atoms. The van der Waals surface area contributed by atoms with Crippen molar-refractivity contribution in [3.05, 3.63) is 17.7 Å². The van der Waals surface area contributed by atoms with E-state index in [0.717, 1.165) is 24.8 Å². The van der Waals surface area contributed by atoms with E-state index in [4.69, 9.17) is 14.2 Å². The molecule has 0 unspecified atom stereocenters. The zero-order valence-corrected chi connectivity index (χ0v) is 21.3. The third-order valence-electron chi connectivity index (χ3n) is 5.77. The summed E-state index contributed by atoms with van der Waals surface area (Å²) in [5.74, 6) is 2.13. The Balaban J connectivity index is 2.74. The fourth-order valence-corrected chi connectivity index (χ4v) is 3.73. The van der Waals surface area contributed by atoms with Crippen LogP contribution in [0.5, 0.6) is 17.2 Å². The highest BCUT2D eigenvalue weighted by Crippen LogP contribution is 2.39. The average Bonchev–Trinajstić information content (AvgIpc) is 2.81. The summed E-state index contributed by atoms with van der Waals surface area (Å²) >= 11 is 0. The number of hydrogen-bond donors (Lipinski definition) is 1. The van der Waals surface area contributed by atoms with Crippen LogP contribution in [-0.2, 0) is 6.61 Å². The van der Waals surface area contributed by atoms with Gasteiger partial charge in [0.25, 0.3) is 0 Å². The Bertz CT molecular complexity index is 521. The quantitative estimate of drug-likeness (QED) is 0.181. The second kappa shape index (κ2) is 20.2. The molecule has 0 aromatic heterocycles. The molecule has 1 aromatic carbocycles. The maximum Gasteiger partial charge on any atom is 0.203 e. The largest absolute Gasteiger partial charge is 0.490 e. The highest BCUT2D eigenvalue weighted by molar-refractivity contribution is 5.53. The van der Waals surface area contributed by atoms with Gasteiger partial charge in [-0.25, -0.2) is 0 Å². The molecule has 0 spiro atoms. The molecular formula is C28H50O4. The minimum atomic E-state index is -0.0307. The molecule has 0 saturated heterocycles. The number of unbranched alkanes of at least 4 members (excludes halogenated alkanes) is 12. The lowest BCUT2D eigenvalue weighted by molar-refractivity contribution is 0.231. The van der Waals surface area contributed by atoms with Gasteiger partial charge in [-0.05, 0) is 37.0 Å². The molecule has 0 aliphatic heterocycles. The van der Waals surface area contributed by atoms with Crippen molar-refractivity contribution < 1.29 is 19.3 Å². The standard InChI is InChI=1S/C28H50O4/c1-4-7-10-13-16-19-30-26-22-25(24-29)23-27(31-20-17-14-11-8-5-2)28(26)32-21-18-15-12-9-6-3/h22-23,29H,4-21,24H2,1-3H3. The normalized spacial score (nSPS) is 11.0. The van der Waals surface area contributed by atoms with Crippen LogP contribution in [0.2, 0.25) is 0 Å². The van der Waals surface area contributed by atoms with Crippen molar-refractivity contribution in [2.45, 2.75) is 124 Å². The molecule has 0 saturated carbocycles. The molecule has 1 rings (SSSR count). The van der Waals surface area contributed by atoms with Crippen molar-refractivity contribution in [1.82, 2.24) is 0 Å². The molecule has 186 valence electrons. The van der Waals surface area contributed by atoms with Crippen LogP contribution in [0.25, 0.3) is 0 Å². The minimum absolute atomic E-state index is 0.0307. The fraction of sp³-hybridized carbons (Fsp3) is 0.786. The van der Waals surface area contributed by atoms with Crippen molar-refractivity contribution >= 4 is 0 Å². The Morgan fingerprint density at radius 3 is 1.28 bits per heavy atom. The van der Waals surface area contributed by atoms with Crippen LogP contribution in [0.15, 0.2) is 12.1 Å². The van der Waals surface area contributed by atoms with E-state index in [1.165, 1.54) is 77.0 Å².